The van der Waals surface area contributed by atoms with Gasteiger partial charge in [0.15, 0.2) is 0 Å². The number of sulfonamides is 1. The summed E-state index contributed by atoms with van der Waals surface area (Å²) in [5, 5.41) is 0. The number of carbonyl (C=O) groups is 1. The highest BCUT2D eigenvalue weighted by atomic mass is 35.5. The summed E-state index contributed by atoms with van der Waals surface area (Å²) >= 11 is 5.44. The summed E-state index contributed by atoms with van der Waals surface area (Å²) in [4.78, 5) is 11.6. The van der Waals surface area contributed by atoms with Crippen LogP contribution < -0.4 is 4.72 Å². The van der Waals surface area contributed by atoms with Crippen molar-refractivity contribution in [3.8, 4) is 0 Å². The quantitative estimate of drug-likeness (QED) is 0.577. The predicted molar refractivity (Wildman–Crippen MR) is 84.2 cm³/mol. The molecule has 8 heteroatoms. The Labute approximate surface area is 134 Å². The third-order valence-electron chi connectivity index (χ3n) is 2.95. The predicted octanol–water partition coefficient (Wildman–Crippen LogP) is 2.86. The molecule has 0 saturated heterocycles. The van der Waals surface area contributed by atoms with Gasteiger partial charge in [0.25, 0.3) is 0 Å². The number of alkyl halides is 1. The van der Waals surface area contributed by atoms with Gasteiger partial charge in [-0.1, -0.05) is 6.07 Å². The normalized spacial score (nSPS) is 12.7. The molecule has 0 aliphatic rings. The van der Waals surface area contributed by atoms with Crippen molar-refractivity contribution in [2.75, 3.05) is 23.0 Å². The standard InChI is InChI=1S/C14H19ClFNO4S/c1-3-21-14(18)10(2)11-5-6-13(12(16)9-11)17-22(19,20)8-4-7-15/h5-6,9-10,17H,3-4,7-8H2,1-2H3. The van der Waals surface area contributed by atoms with Crippen LogP contribution in [-0.4, -0.2) is 32.6 Å². The van der Waals surface area contributed by atoms with Gasteiger partial charge >= 0.3 is 5.97 Å². The highest BCUT2D eigenvalue weighted by Crippen LogP contribution is 2.23. The third-order valence-corrected chi connectivity index (χ3v) is 4.57. The van der Waals surface area contributed by atoms with E-state index in [0.29, 0.717) is 5.56 Å². The molecule has 0 radical (unpaired) electrons. The fourth-order valence-corrected chi connectivity index (χ4v) is 3.17. The first-order valence-electron chi connectivity index (χ1n) is 6.83. The zero-order chi connectivity index (χ0) is 16.8. The molecule has 1 rings (SSSR count). The number of hydrogen-bond donors (Lipinski definition) is 1. The first-order chi connectivity index (χ1) is 10.3. The maximum atomic E-state index is 14.0. The van der Waals surface area contributed by atoms with Gasteiger partial charge in [-0.05, 0) is 38.0 Å². The molecule has 124 valence electrons. The van der Waals surface area contributed by atoms with Crippen molar-refractivity contribution in [3.63, 3.8) is 0 Å². The first kappa shape index (κ1) is 18.7. The molecule has 1 atom stereocenters. The molecule has 0 spiro atoms. The van der Waals surface area contributed by atoms with E-state index in [4.69, 9.17) is 16.3 Å². The van der Waals surface area contributed by atoms with Crippen LogP contribution in [0.25, 0.3) is 0 Å². The number of nitrogens with one attached hydrogen (secondary N) is 1. The molecule has 5 nitrogen and oxygen atoms in total. The lowest BCUT2D eigenvalue weighted by Gasteiger charge is -2.13. The maximum Gasteiger partial charge on any atom is 0.313 e. The van der Waals surface area contributed by atoms with Crippen molar-refractivity contribution in [1.82, 2.24) is 0 Å². The largest absolute Gasteiger partial charge is 0.466 e. The fourth-order valence-electron chi connectivity index (χ4n) is 1.75. The second-order valence-electron chi connectivity index (χ2n) is 4.68. The van der Waals surface area contributed by atoms with Crippen molar-refractivity contribution in [3.05, 3.63) is 29.6 Å². The Bertz CT molecular complexity index is 621. The van der Waals surface area contributed by atoms with E-state index < -0.39 is 27.7 Å². The lowest BCUT2D eigenvalue weighted by Crippen LogP contribution is -2.18. The monoisotopic (exact) mass is 351 g/mol. The maximum absolute atomic E-state index is 14.0. The summed E-state index contributed by atoms with van der Waals surface area (Å²) in [5.41, 5.74) is 0.258. The molecule has 22 heavy (non-hydrogen) atoms. The Morgan fingerprint density at radius 1 is 1.45 bits per heavy atom. The number of esters is 1. The van der Waals surface area contributed by atoms with Gasteiger partial charge in [0.1, 0.15) is 5.82 Å². The third kappa shape index (κ3) is 5.46. The molecule has 0 heterocycles. The molecule has 1 aromatic carbocycles. The Hall–Kier alpha value is -1.34. The highest BCUT2D eigenvalue weighted by molar-refractivity contribution is 7.92. The molecule has 1 unspecified atom stereocenters. The Kier molecular flexibility index (Phi) is 7.09. The van der Waals surface area contributed by atoms with Gasteiger partial charge in [0.05, 0.1) is 24.0 Å². The smallest absolute Gasteiger partial charge is 0.313 e. The van der Waals surface area contributed by atoms with Crippen LogP contribution in [0.2, 0.25) is 0 Å². The minimum absolute atomic E-state index is 0.158. The van der Waals surface area contributed by atoms with E-state index in [9.17, 15) is 17.6 Å². The van der Waals surface area contributed by atoms with Crippen LogP contribution in [0.15, 0.2) is 18.2 Å². The fraction of sp³-hybridized carbons (Fsp3) is 0.500. The Balaban J connectivity index is 2.88. The number of hydrogen-bond acceptors (Lipinski definition) is 4. The molecule has 0 saturated carbocycles. The van der Waals surface area contributed by atoms with E-state index in [1.165, 1.54) is 12.1 Å². The van der Waals surface area contributed by atoms with Crippen LogP contribution in [0.5, 0.6) is 0 Å². The van der Waals surface area contributed by atoms with E-state index in [1.807, 2.05) is 0 Å². The van der Waals surface area contributed by atoms with Crippen LogP contribution in [0.3, 0.4) is 0 Å². The Morgan fingerprint density at radius 3 is 2.68 bits per heavy atom. The second-order valence-corrected chi connectivity index (χ2v) is 6.90. The van der Waals surface area contributed by atoms with Gasteiger partial charge in [0, 0.05) is 5.88 Å². The first-order valence-corrected chi connectivity index (χ1v) is 9.02. The molecule has 1 aromatic rings. The summed E-state index contributed by atoms with van der Waals surface area (Å²) in [5.74, 6) is -1.81. The molecule has 0 aliphatic carbocycles. The van der Waals surface area contributed by atoms with Gasteiger partial charge in [0.2, 0.25) is 10.0 Å². The summed E-state index contributed by atoms with van der Waals surface area (Å²) in [6.07, 6.45) is 0.274. The summed E-state index contributed by atoms with van der Waals surface area (Å²) in [6.45, 7) is 3.52. The highest BCUT2D eigenvalue weighted by Gasteiger charge is 2.19. The van der Waals surface area contributed by atoms with Crippen LogP contribution in [0.1, 0.15) is 31.7 Å². The average Bonchev–Trinajstić information content (AvgIpc) is 2.46. The molecular formula is C14H19ClFNO4S. The minimum Gasteiger partial charge on any atom is -0.466 e. The van der Waals surface area contributed by atoms with E-state index >= 15 is 0 Å². The summed E-state index contributed by atoms with van der Waals surface area (Å²) < 4.78 is 44.5. The number of benzene rings is 1. The number of anilines is 1. The van der Waals surface area contributed by atoms with Gasteiger partial charge in [-0.2, -0.15) is 0 Å². The van der Waals surface area contributed by atoms with E-state index in [0.717, 1.165) is 6.07 Å². The number of ether oxygens (including phenoxy) is 1. The molecule has 0 amide bonds. The molecule has 0 aliphatic heterocycles. The SMILES string of the molecule is CCOC(=O)C(C)c1ccc(NS(=O)(=O)CCCCl)c(F)c1. The van der Waals surface area contributed by atoms with Crippen LogP contribution >= 0.6 is 11.6 Å². The summed E-state index contributed by atoms with van der Waals surface area (Å²) in [7, 11) is -3.64. The second kappa shape index (κ2) is 8.33. The Morgan fingerprint density at radius 2 is 2.14 bits per heavy atom. The van der Waals surface area contributed by atoms with Gasteiger partial charge in [-0.15, -0.1) is 11.6 Å². The lowest BCUT2D eigenvalue weighted by atomic mass is 10.0. The summed E-state index contributed by atoms with van der Waals surface area (Å²) in [6, 6.07) is 3.91. The average molecular weight is 352 g/mol. The minimum atomic E-state index is -3.64. The van der Waals surface area contributed by atoms with Crippen LogP contribution in [0, 0.1) is 5.82 Å². The molecule has 0 aromatic heterocycles. The lowest BCUT2D eigenvalue weighted by molar-refractivity contribution is -0.144. The van der Waals surface area contributed by atoms with E-state index in [1.54, 1.807) is 13.8 Å². The van der Waals surface area contributed by atoms with Gasteiger partial charge in [-0.25, -0.2) is 12.8 Å². The number of rotatable bonds is 8. The molecule has 1 N–H and O–H groups in total. The number of halogens is 2. The van der Waals surface area contributed by atoms with Crippen molar-refractivity contribution in [2.45, 2.75) is 26.2 Å². The zero-order valence-corrected chi connectivity index (χ0v) is 14.0. The van der Waals surface area contributed by atoms with Crippen molar-refractivity contribution in [1.29, 1.82) is 0 Å². The topological polar surface area (TPSA) is 72.5 Å². The molecular weight excluding hydrogens is 333 g/mol. The van der Waals surface area contributed by atoms with E-state index in [-0.39, 0.29) is 30.3 Å². The van der Waals surface area contributed by atoms with Gasteiger partial charge in [-0.3, -0.25) is 9.52 Å². The van der Waals surface area contributed by atoms with Crippen molar-refractivity contribution in [2.24, 2.45) is 0 Å². The number of carbonyl (C=O) groups excluding carboxylic acids is 1. The van der Waals surface area contributed by atoms with Crippen LogP contribution in [-0.2, 0) is 19.6 Å². The van der Waals surface area contributed by atoms with E-state index in [2.05, 4.69) is 4.72 Å². The van der Waals surface area contributed by atoms with Gasteiger partial charge < -0.3 is 4.74 Å². The van der Waals surface area contributed by atoms with Crippen LogP contribution in [0.4, 0.5) is 10.1 Å². The zero-order valence-electron chi connectivity index (χ0n) is 12.4. The van der Waals surface area contributed by atoms with Crippen molar-refractivity contribution < 1.29 is 22.3 Å². The molecule has 0 fully saturated rings. The molecule has 0 bridgehead atoms. The van der Waals surface area contributed by atoms with Crippen molar-refractivity contribution >= 4 is 33.3 Å².